The van der Waals surface area contributed by atoms with E-state index in [1.54, 1.807) is 0 Å². The molecular weight excluding hydrogens is 212 g/mol. The van der Waals surface area contributed by atoms with Crippen molar-refractivity contribution in [1.29, 1.82) is 0 Å². The van der Waals surface area contributed by atoms with Gasteiger partial charge in [-0.15, -0.1) is 0 Å². The van der Waals surface area contributed by atoms with Crippen molar-refractivity contribution in [3.63, 3.8) is 0 Å². The van der Waals surface area contributed by atoms with Crippen molar-refractivity contribution in [2.45, 2.75) is 31.7 Å². The molecule has 1 aliphatic rings. The molecule has 0 saturated carbocycles. The summed E-state index contributed by atoms with van der Waals surface area (Å²) in [6.45, 7) is 1.48. The SMILES string of the molecule is NCCCC(=O)N1CCCC1c1ccccc1. The van der Waals surface area contributed by atoms with Crippen LogP contribution < -0.4 is 5.73 Å². The van der Waals surface area contributed by atoms with Crippen molar-refractivity contribution in [2.24, 2.45) is 5.73 Å². The van der Waals surface area contributed by atoms with Crippen LogP contribution in [0.5, 0.6) is 0 Å². The van der Waals surface area contributed by atoms with Crippen LogP contribution in [0.2, 0.25) is 0 Å². The highest BCUT2D eigenvalue weighted by Crippen LogP contribution is 2.32. The van der Waals surface area contributed by atoms with Gasteiger partial charge in [-0.3, -0.25) is 4.79 Å². The van der Waals surface area contributed by atoms with E-state index in [1.165, 1.54) is 5.56 Å². The Balaban J connectivity index is 2.05. The molecule has 1 aromatic carbocycles. The molecule has 1 unspecified atom stereocenters. The number of carbonyl (C=O) groups excluding carboxylic acids is 1. The van der Waals surface area contributed by atoms with Crippen LogP contribution in [0.3, 0.4) is 0 Å². The van der Waals surface area contributed by atoms with Gasteiger partial charge in [0.1, 0.15) is 0 Å². The lowest BCUT2D eigenvalue weighted by Gasteiger charge is -2.25. The fourth-order valence-electron chi connectivity index (χ4n) is 2.48. The van der Waals surface area contributed by atoms with E-state index in [9.17, 15) is 4.79 Å². The van der Waals surface area contributed by atoms with Gasteiger partial charge in [-0.25, -0.2) is 0 Å². The lowest BCUT2D eigenvalue weighted by Crippen LogP contribution is -2.30. The average Bonchev–Trinajstić information content (AvgIpc) is 2.86. The van der Waals surface area contributed by atoms with Gasteiger partial charge in [-0.05, 0) is 31.4 Å². The zero-order valence-corrected chi connectivity index (χ0v) is 10.1. The van der Waals surface area contributed by atoms with E-state index in [0.29, 0.717) is 13.0 Å². The van der Waals surface area contributed by atoms with Crippen molar-refractivity contribution < 1.29 is 4.79 Å². The Labute approximate surface area is 103 Å². The number of amides is 1. The molecular formula is C14H20N2O. The van der Waals surface area contributed by atoms with Crippen LogP contribution in [-0.4, -0.2) is 23.9 Å². The van der Waals surface area contributed by atoms with E-state index >= 15 is 0 Å². The molecule has 92 valence electrons. The maximum Gasteiger partial charge on any atom is 0.223 e. The lowest BCUT2D eigenvalue weighted by atomic mass is 10.0. The summed E-state index contributed by atoms with van der Waals surface area (Å²) < 4.78 is 0. The molecule has 0 aromatic heterocycles. The Morgan fingerprint density at radius 2 is 2.12 bits per heavy atom. The Hall–Kier alpha value is -1.35. The Kier molecular flexibility index (Phi) is 4.15. The first-order valence-electron chi connectivity index (χ1n) is 6.37. The highest BCUT2D eigenvalue weighted by Gasteiger charge is 2.28. The summed E-state index contributed by atoms with van der Waals surface area (Å²) in [5.41, 5.74) is 6.71. The van der Waals surface area contributed by atoms with E-state index in [1.807, 2.05) is 23.1 Å². The van der Waals surface area contributed by atoms with E-state index in [-0.39, 0.29) is 11.9 Å². The number of hydrogen-bond acceptors (Lipinski definition) is 2. The first kappa shape index (κ1) is 12.1. The molecule has 1 aromatic rings. The van der Waals surface area contributed by atoms with E-state index < -0.39 is 0 Å². The third kappa shape index (κ3) is 2.86. The van der Waals surface area contributed by atoms with Crippen molar-refractivity contribution >= 4 is 5.91 Å². The Morgan fingerprint density at radius 1 is 1.35 bits per heavy atom. The maximum atomic E-state index is 12.1. The van der Waals surface area contributed by atoms with Gasteiger partial charge >= 0.3 is 0 Å². The normalized spacial score (nSPS) is 19.6. The van der Waals surface area contributed by atoms with Crippen LogP contribution in [-0.2, 0) is 4.79 Å². The summed E-state index contributed by atoms with van der Waals surface area (Å²) in [6.07, 6.45) is 3.56. The van der Waals surface area contributed by atoms with Crippen LogP contribution in [0, 0.1) is 0 Å². The van der Waals surface area contributed by atoms with Crippen molar-refractivity contribution in [2.75, 3.05) is 13.1 Å². The molecule has 1 amide bonds. The van der Waals surface area contributed by atoms with Gasteiger partial charge in [0, 0.05) is 13.0 Å². The molecule has 1 atom stereocenters. The fraction of sp³-hybridized carbons (Fsp3) is 0.500. The van der Waals surface area contributed by atoms with Crippen LogP contribution in [0.1, 0.15) is 37.3 Å². The van der Waals surface area contributed by atoms with Crippen molar-refractivity contribution in [3.8, 4) is 0 Å². The van der Waals surface area contributed by atoms with Gasteiger partial charge < -0.3 is 10.6 Å². The number of hydrogen-bond donors (Lipinski definition) is 1. The monoisotopic (exact) mass is 232 g/mol. The fourth-order valence-corrected chi connectivity index (χ4v) is 2.48. The molecule has 1 saturated heterocycles. The zero-order chi connectivity index (χ0) is 12.1. The minimum atomic E-state index is 0.252. The van der Waals surface area contributed by atoms with Gasteiger partial charge in [0.15, 0.2) is 0 Å². The van der Waals surface area contributed by atoms with Crippen LogP contribution >= 0.6 is 0 Å². The van der Waals surface area contributed by atoms with E-state index in [0.717, 1.165) is 25.8 Å². The molecule has 17 heavy (non-hydrogen) atoms. The van der Waals surface area contributed by atoms with Gasteiger partial charge in [-0.2, -0.15) is 0 Å². The molecule has 0 spiro atoms. The average molecular weight is 232 g/mol. The highest BCUT2D eigenvalue weighted by atomic mass is 16.2. The van der Waals surface area contributed by atoms with E-state index in [2.05, 4.69) is 12.1 Å². The van der Waals surface area contributed by atoms with E-state index in [4.69, 9.17) is 5.73 Å². The molecule has 3 heteroatoms. The second kappa shape index (κ2) is 5.82. The first-order chi connectivity index (χ1) is 8.33. The topological polar surface area (TPSA) is 46.3 Å². The summed E-state index contributed by atoms with van der Waals surface area (Å²) >= 11 is 0. The third-order valence-electron chi connectivity index (χ3n) is 3.35. The minimum Gasteiger partial charge on any atom is -0.336 e. The lowest BCUT2D eigenvalue weighted by molar-refractivity contribution is -0.132. The minimum absolute atomic E-state index is 0.252. The smallest absolute Gasteiger partial charge is 0.223 e. The van der Waals surface area contributed by atoms with Crippen LogP contribution in [0.25, 0.3) is 0 Å². The number of nitrogens with two attached hydrogens (primary N) is 1. The summed E-state index contributed by atoms with van der Waals surface area (Å²) in [6, 6.07) is 10.6. The number of likely N-dealkylation sites (tertiary alicyclic amines) is 1. The predicted molar refractivity (Wildman–Crippen MR) is 68.4 cm³/mol. The number of rotatable bonds is 4. The molecule has 0 aliphatic carbocycles. The molecule has 1 fully saturated rings. The summed E-state index contributed by atoms with van der Waals surface area (Å²) in [5.74, 6) is 0.252. The first-order valence-corrected chi connectivity index (χ1v) is 6.37. The number of carbonyl (C=O) groups is 1. The predicted octanol–water partition coefficient (Wildman–Crippen LogP) is 2.09. The number of benzene rings is 1. The van der Waals surface area contributed by atoms with Gasteiger partial charge in [-0.1, -0.05) is 30.3 Å². The quantitative estimate of drug-likeness (QED) is 0.864. The van der Waals surface area contributed by atoms with Gasteiger partial charge in [0.05, 0.1) is 6.04 Å². The largest absolute Gasteiger partial charge is 0.336 e. The Bertz CT molecular complexity index is 364. The summed E-state index contributed by atoms with van der Waals surface area (Å²) in [5, 5.41) is 0. The number of nitrogens with zero attached hydrogens (tertiary/aromatic N) is 1. The third-order valence-corrected chi connectivity index (χ3v) is 3.35. The van der Waals surface area contributed by atoms with Crippen molar-refractivity contribution in [3.05, 3.63) is 35.9 Å². The standard InChI is InChI=1S/C14H20N2O/c15-10-4-9-14(17)16-11-5-8-13(16)12-6-2-1-3-7-12/h1-3,6-7,13H,4-5,8-11,15H2. The molecule has 0 bridgehead atoms. The van der Waals surface area contributed by atoms with Crippen molar-refractivity contribution in [1.82, 2.24) is 4.90 Å². The molecule has 0 radical (unpaired) electrons. The zero-order valence-electron chi connectivity index (χ0n) is 10.1. The molecule has 2 rings (SSSR count). The molecule has 1 heterocycles. The van der Waals surface area contributed by atoms with Crippen LogP contribution in [0.4, 0.5) is 0 Å². The summed E-state index contributed by atoms with van der Waals surface area (Å²) in [4.78, 5) is 14.1. The van der Waals surface area contributed by atoms with Gasteiger partial charge in [0.2, 0.25) is 5.91 Å². The van der Waals surface area contributed by atoms with Crippen LogP contribution in [0.15, 0.2) is 30.3 Å². The maximum absolute atomic E-state index is 12.1. The molecule has 2 N–H and O–H groups in total. The highest BCUT2D eigenvalue weighted by molar-refractivity contribution is 5.77. The second-order valence-electron chi connectivity index (χ2n) is 4.55. The molecule has 3 nitrogen and oxygen atoms in total. The van der Waals surface area contributed by atoms with Gasteiger partial charge in [0.25, 0.3) is 0 Å². The Morgan fingerprint density at radius 3 is 2.82 bits per heavy atom. The second-order valence-corrected chi connectivity index (χ2v) is 4.55. The molecule has 1 aliphatic heterocycles. The summed E-state index contributed by atoms with van der Waals surface area (Å²) in [7, 11) is 0.